The molecule has 0 aromatic heterocycles. The monoisotopic (exact) mass is 228 g/mol. The Morgan fingerprint density at radius 3 is 2.00 bits per heavy atom. The number of carbonyl (C=O) groups is 1. The van der Waals surface area contributed by atoms with Gasteiger partial charge in [0.25, 0.3) is 0 Å². The summed E-state index contributed by atoms with van der Waals surface area (Å²) < 4.78 is 12.8. The third-order valence-corrected chi connectivity index (χ3v) is 2.81. The van der Waals surface area contributed by atoms with Crippen LogP contribution in [0.1, 0.15) is 27.0 Å². The van der Waals surface area contributed by atoms with Crippen molar-refractivity contribution < 1.29 is 9.18 Å². The Bertz CT molecular complexity index is 535. The lowest BCUT2D eigenvalue weighted by molar-refractivity contribution is 0.103. The van der Waals surface area contributed by atoms with E-state index in [4.69, 9.17) is 0 Å². The summed E-state index contributed by atoms with van der Waals surface area (Å²) in [6.45, 7) is 3.81. The van der Waals surface area contributed by atoms with E-state index in [2.05, 4.69) is 0 Å². The van der Waals surface area contributed by atoms with Gasteiger partial charge in [-0.05, 0) is 49.2 Å². The van der Waals surface area contributed by atoms with E-state index in [1.807, 2.05) is 32.0 Å². The molecule has 0 heterocycles. The molecule has 0 amide bonds. The molecule has 2 aromatic rings. The third kappa shape index (κ3) is 2.26. The third-order valence-electron chi connectivity index (χ3n) is 2.81. The summed E-state index contributed by atoms with van der Waals surface area (Å²) in [6.07, 6.45) is 0. The molecule has 0 N–H and O–H groups in total. The van der Waals surface area contributed by atoms with Crippen molar-refractivity contribution in [3.8, 4) is 0 Å². The molecule has 0 spiro atoms. The quantitative estimate of drug-likeness (QED) is 0.717. The molecule has 0 atom stereocenters. The molecule has 86 valence electrons. The molecule has 0 radical (unpaired) electrons. The average molecular weight is 228 g/mol. The van der Waals surface area contributed by atoms with E-state index in [0.717, 1.165) is 11.1 Å². The highest BCUT2D eigenvalue weighted by Gasteiger charge is 2.13. The molecular weight excluding hydrogens is 215 g/mol. The van der Waals surface area contributed by atoms with Crippen LogP contribution in [-0.4, -0.2) is 5.78 Å². The molecule has 0 saturated carbocycles. The van der Waals surface area contributed by atoms with Crippen LogP contribution in [0.3, 0.4) is 0 Å². The van der Waals surface area contributed by atoms with E-state index >= 15 is 0 Å². The van der Waals surface area contributed by atoms with Gasteiger partial charge in [-0.25, -0.2) is 4.39 Å². The van der Waals surface area contributed by atoms with Gasteiger partial charge >= 0.3 is 0 Å². The lowest BCUT2D eigenvalue weighted by Gasteiger charge is -2.08. The summed E-state index contributed by atoms with van der Waals surface area (Å²) in [5.41, 5.74) is 3.11. The maximum absolute atomic E-state index is 12.8. The zero-order valence-corrected chi connectivity index (χ0v) is 9.83. The van der Waals surface area contributed by atoms with Crippen molar-refractivity contribution in [3.05, 3.63) is 70.5 Å². The van der Waals surface area contributed by atoms with Crippen LogP contribution in [0.25, 0.3) is 0 Å². The number of hydrogen-bond acceptors (Lipinski definition) is 1. The van der Waals surface area contributed by atoms with Gasteiger partial charge in [-0.3, -0.25) is 4.79 Å². The van der Waals surface area contributed by atoms with Crippen LogP contribution in [0.15, 0.2) is 42.5 Å². The van der Waals surface area contributed by atoms with Crippen molar-refractivity contribution in [3.63, 3.8) is 0 Å². The Morgan fingerprint density at radius 1 is 0.941 bits per heavy atom. The molecular formula is C15H13FO. The van der Waals surface area contributed by atoms with Gasteiger partial charge in [0.15, 0.2) is 5.78 Å². The Labute approximate surface area is 99.9 Å². The minimum absolute atomic E-state index is 0.0550. The number of halogens is 1. The van der Waals surface area contributed by atoms with Crippen molar-refractivity contribution in [2.45, 2.75) is 13.8 Å². The Balaban J connectivity index is 2.47. The van der Waals surface area contributed by atoms with Gasteiger partial charge in [0.05, 0.1) is 0 Å². The molecule has 0 fully saturated rings. The van der Waals surface area contributed by atoms with E-state index < -0.39 is 0 Å². The molecule has 2 rings (SSSR count). The number of ketones is 1. The molecule has 0 aliphatic rings. The molecule has 2 aromatic carbocycles. The fraction of sp³-hybridized carbons (Fsp3) is 0.133. The van der Waals surface area contributed by atoms with Gasteiger partial charge in [-0.2, -0.15) is 0 Å². The van der Waals surface area contributed by atoms with E-state index in [9.17, 15) is 9.18 Å². The smallest absolute Gasteiger partial charge is 0.193 e. The van der Waals surface area contributed by atoms with Crippen molar-refractivity contribution in [1.29, 1.82) is 0 Å². The second-order valence-electron chi connectivity index (χ2n) is 4.10. The van der Waals surface area contributed by atoms with Crippen LogP contribution in [0, 0.1) is 19.7 Å². The zero-order chi connectivity index (χ0) is 12.4. The predicted octanol–water partition coefficient (Wildman–Crippen LogP) is 3.67. The first-order chi connectivity index (χ1) is 8.09. The average Bonchev–Trinajstić information content (AvgIpc) is 2.29. The van der Waals surface area contributed by atoms with Crippen LogP contribution < -0.4 is 0 Å². The van der Waals surface area contributed by atoms with Gasteiger partial charge in [-0.15, -0.1) is 0 Å². The topological polar surface area (TPSA) is 17.1 Å². The maximum Gasteiger partial charge on any atom is 0.193 e. The molecule has 0 unspecified atom stereocenters. The summed E-state index contributed by atoms with van der Waals surface area (Å²) >= 11 is 0. The van der Waals surface area contributed by atoms with E-state index in [1.54, 1.807) is 0 Å². The van der Waals surface area contributed by atoms with Crippen LogP contribution >= 0.6 is 0 Å². The molecule has 17 heavy (non-hydrogen) atoms. The molecule has 1 nitrogen and oxygen atoms in total. The first-order valence-corrected chi connectivity index (χ1v) is 5.46. The highest BCUT2D eigenvalue weighted by molar-refractivity contribution is 6.10. The predicted molar refractivity (Wildman–Crippen MR) is 65.7 cm³/mol. The van der Waals surface area contributed by atoms with Gasteiger partial charge in [-0.1, -0.05) is 18.2 Å². The molecule has 0 bridgehead atoms. The van der Waals surface area contributed by atoms with Crippen LogP contribution in [0.5, 0.6) is 0 Å². The van der Waals surface area contributed by atoms with Crippen molar-refractivity contribution >= 4 is 5.78 Å². The summed E-state index contributed by atoms with van der Waals surface area (Å²) in [5, 5.41) is 0. The number of rotatable bonds is 2. The largest absolute Gasteiger partial charge is 0.289 e. The molecule has 0 saturated heterocycles. The highest BCUT2D eigenvalue weighted by atomic mass is 19.1. The van der Waals surface area contributed by atoms with Gasteiger partial charge in [0, 0.05) is 11.1 Å². The Hall–Kier alpha value is -1.96. The fourth-order valence-electron chi connectivity index (χ4n) is 1.92. The summed E-state index contributed by atoms with van der Waals surface area (Å²) in [5.74, 6) is -0.386. The number of benzene rings is 2. The minimum atomic E-state index is -0.331. The lowest BCUT2D eigenvalue weighted by atomic mass is 9.95. The van der Waals surface area contributed by atoms with Crippen LogP contribution in [-0.2, 0) is 0 Å². The minimum Gasteiger partial charge on any atom is -0.289 e. The molecule has 0 aliphatic heterocycles. The number of aryl methyl sites for hydroxylation is 2. The summed E-state index contributed by atoms with van der Waals surface area (Å²) in [6, 6.07) is 11.4. The Morgan fingerprint density at radius 2 is 1.47 bits per heavy atom. The van der Waals surface area contributed by atoms with Crippen molar-refractivity contribution in [1.82, 2.24) is 0 Å². The van der Waals surface area contributed by atoms with Gasteiger partial charge in [0.2, 0.25) is 0 Å². The van der Waals surface area contributed by atoms with Crippen molar-refractivity contribution in [2.75, 3.05) is 0 Å². The second kappa shape index (κ2) is 4.50. The standard InChI is InChI=1S/C15H13FO/c1-10-4-3-5-11(2)14(10)15(17)12-6-8-13(16)9-7-12/h3-9H,1-2H3. The lowest BCUT2D eigenvalue weighted by Crippen LogP contribution is -2.06. The van der Waals surface area contributed by atoms with Crippen LogP contribution in [0.2, 0.25) is 0 Å². The van der Waals surface area contributed by atoms with E-state index in [0.29, 0.717) is 11.1 Å². The van der Waals surface area contributed by atoms with E-state index in [1.165, 1.54) is 24.3 Å². The highest BCUT2D eigenvalue weighted by Crippen LogP contribution is 2.18. The normalized spacial score (nSPS) is 10.3. The fourth-order valence-corrected chi connectivity index (χ4v) is 1.92. The van der Waals surface area contributed by atoms with Crippen molar-refractivity contribution in [2.24, 2.45) is 0 Å². The van der Waals surface area contributed by atoms with E-state index in [-0.39, 0.29) is 11.6 Å². The van der Waals surface area contributed by atoms with Gasteiger partial charge in [0.1, 0.15) is 5.82 Å². The summed E-state index contributed by atoms with van der Waals surface area (Å²) in [4.78, 5) is 12.3. The maximum atomic E-state index is 12.8. The molecule has 0 aliphatic carbocycles. The second-order valence-corrected chi connectivity index (χ2v) is 4.10. The van der Waals surface area contributed by atoms with Crippen LogP contribution in [0.4, 0.5) is 4.39 Å². The number of hydrogen-bond donors (Lipinski definition) is 0. The first kappa shape index (κ1) is 11.5. The Kier molecular flexibility index (Phi) is 3.05. The van der Waals surface area contributed by atoms with Gasteiger partial charge < -0.3 is 0 Å². The SMILES string of the molecule is Cc1cccc(C)c1C(=O)c1ccc(F)cc1. The zero-order valence-electron chi connectivity index (χ0n) is 9.83. The summed E-state index contributed by atoms with van der Waals surface area (Å²) in [7, 11) is 0. The first-order valence-electron chi connectivity index (χ1n) is 5.46. The number of carbonyl (C=O) groups excluding carboxylic acids is 1. The molecule has 2 heteroatoms.